The fourth-order valence-electron chi connectivity index (χ4n) is 6.11. The molecular weight excluding hydrogens is 479 g/mol. The van der Waals surface area contributed by atoms with Gasteiger partial charge in [0.25, 0.3) is 0 Å². The third-order valence-corrected chi connectivity index (χ3v) is 8.48. The summed E-state index contributed by atoms with van der Waals surface area (Å²) in [5.41, 5.74) is 6.16. The number of hydrogen-bond acceptors (Lipinski definition) is 6. The van der Waals surface area contributed by atoms with Crippen LogP contribution in [0.15, 0.2) is 30.9 Å². The average Bonchev–Trinajstić information content (AvgIpc) is 3.60. The molecule has 0 saturated carbocycles. The predicted molar refractivity (Wildman–Crippen MR) is 148 cm³/mol. The quantitative estimate of drug-likeness (QED) is 0.386. The van der Waals surface area contributed by atoms with Gasteiger partial charge in [0.05, 0.1) is 24.1 Å². The number of halogens is 1. The van der Waals surface area contributed by atoms with Crippen molar-refractivity contribution in [1.29, 1.82) is 0 Å². The molecule has 200 valence electrons. The van der Waals surface area contributed by atoms with Gasteiger partial charge in [0, 0.05) is 53.9 Å². The molecule has 2 saturated heterocycles. The Kier molecular flexibility index (Phi) is 6.97. The molecule has 8 nitrogen and oxygen atoms in total. The van der Waals surface area contributed by atoms with Crippen molar-refractivity contribution in [3.05, 3.63) is 47.9 Å². The summed E-state index contributed by atoms with van der Waals surface area (Å²) in [6.45, 7) is 9.57. The Morgan fingerprint density at radius 1 is 1.00 bits per heavy atom. The molecule has 0 atom stereocenters. The Balaban J connectivity index is 1.30. The number of aromatic amines is 1. The highest BCUT2D eigenvalue weighted by Gasteiger charge is 2.26. The van der Waals surface area contributed by atoms with Crippen molar-refractivity contribution in [2.75, 3.05) is 39.8 Å². The zero-order valence-electron chi connectivity index (χ0n) is 22.6. The minimum atomic E-state index is -0.173. The Labute approximate surface area is 223 Å². The SMILES string of the molecule is CCc1nc(-c2cnc3[nH]cc(-c4cnn(C5CCN(CC)CC5)c4)c3n2)cc(F)c1C1CCN(C)CC1. The van der Waals surface area contributed by atoms with Gasteiger partial charge in [0.1, 0.15) is 17.0 Å². The molecule has 0 aromatic carbocycles. The van der Waals surface area contributed by atoms with E-state index < -0.39 is 0 Å². The molecule has 4 aromatic rings. The highest BCUT2D eigenvalue weighted by Crippen LogP contribution is 2.34. The van der Waals surface area contributed by atoms with Crippen molar-refractivity contribution in [2.45, 2.75) is 57.9 Å². The first-order valence-corrected chi connectivity index (χ1v) is 14.0. The minimum Gasteiger partial charge on any atom is -0.344 e. The Morgan fingerprint density at radius 2 is 1.79 bits per heavy atom. The molecule has 0 bridgehead atoms. The summed E-state index contributed by atoms with van der Waals surface area (Å²) in [6, 6.07) is 1.97. The predicted octanol–water partition coefficient (Wildman–Crippen LogP) is 5.05. The van der Waals surface area contributed by atoms with Gasteiger partial charge >= 0.3 is 0 Å². The van der Waals surface area contributed by atoms with Gasteiger partial charge in [-0.2, -0.15) is 5.10 Å². The molecule has 4 aromatic heterocycles. The number of aryl methyl sites for hydroxylation is 1. The van der Waals surface area contributed by atoms with Crippen LogP contribution >= 0.6 is 0 Å². The van der Waals surface area contributed by atoms with Crippen LogP contribution in [0.3, 0.4) is 0 Å². The standard InChI is InChI=1S/C29H37FN8/c1-4-24-27(19-6-10-36(3)11-7-19)23(30)14-25(34-24)26-17-32-29-28(35-26)22(16-31-29)20-15-33-38(18-20)21-8-12-37(5-2)13-9-21/h14-19,21H,4-13H2,1-3H3,(H,31,32). The van der Waals surface area contributed by atoms with Gasteiger partial charge in [0.15, 0.2) is 5.65 Å². The van der Waals surface area contributed by atoms with E-state index in [4.69, 9.17) is 15.1 Å². The molecule has 2 aliphatic heterocycles. The average molecular weight is 517 g/mol. The van der Waals surface area contributed by atoms with Crippen LogP contribution in [0.25, 0.3) is 33.7 Å². The van der Waals surface area contributed by atoms with Crippen molar-refractivity contribution in [2.24, 2.45) is 0 Å². The van der Waals surface area contributed by atoms with Crippen LogP contribution in [-0.4, -0.2) is 79.3 Å². The summed E-state index contributed by atoms with van der Waals surface area (Å²) in [5, 5.41) is 4.70. The molecule has 6 rings (SSSR count). The van der Waals surface area contributed by atoms with Gasteiger partial charge in [0.2, 0.25) is 0 Å². The maximum absolute atomic E-state index is 15.6. The lowest BCUT2D eigenvalue weighted by Gasteiger charge is -2.31. The lowest BCUT2D eigenvalue weighted by Crippen LogP contribution is -2.34. The molecule has 9 heteroatoms. The smallest absolute Gasteiger partial charge is 0.156 e. The maximum atomic E-state index is 15.6. The number of fused-ring (bicyclic) bond motifs is 1. The molecule has 2 fully saturated rings. The first-order chi connectivity index (χ1) is 18.5. The number of H-pyrrole nitrogens is 1. The fourth-order valence-corrected chi connectivity index (χ4v) is 6.11. The van der Waals surface area contributed by atoms with Gasteiger partial charge in [-0.05, 0) is 64.7 Å². The minimum absolute atomic E-state index is 0.173. The number of likely N-dealkylation sites (tertiary alicyclic amines) is 2. The highest BCUT2D eigenvalue weighted by atomic mass is 19.1. The van der Waals surface area contributed by atoms with Crippen molar-refractivity contribution in [1.82, 2.24) is 39.5 Å². The van der Waals surface area contributed by atoms with E-state index in [9.17, 15) is 0 Å². The van der Waals surface area contributed by atoms with Crippen molar-refractivity contribution >= 4 is 11.2 Å². The lowest BCUT2D eigenvalue weighted by atomic mass is 9.87. The third kappa shape index (κ3) is 4.73. The van der Waals surface area contributed by atoms with Crippen LogP contribution in [0.1, 0.15) is 62.7 Å². The monoisotopic (exact) mass is 516 g/mol. The summed E-state index contributed by atoms with van der Waals surface area (Å²) in [7, 11) is 2.12. The molecule has 38 heavy (non-hydrogen) atoms. The number of nitrogens with zero attached hydrogens (tertiary/aromatic N) is 7. The molecule has 0 amide bonds. The van der Waals surface area contributed by atoms with E-state index in [0.29, 0.717) is 29.5 Å². The first kappa shape index (κ1) is 25.1. The van der Waals surface area contributed by atoms with Crippen LogP contribution < -0.4 is 0 Å². The molecular formula is C29H37FN8. The first-order valence-electron chi connectivity index (χ1n) is 14.0. The van der Waals surface area contributed by atoms with Crippen LogP contribution in [-0.2, 0) is 6.42 Å². The summed E-state index contributed by atoms with van der Waals surface area (Å²) in [4.78, 5) is 22.5. The van der Waals surface area contributed by atoms with E-state index in [-0.39, 0.29) is 11.7 Å². The van der Waals surface area contributed by atoms with E-state index >= 15 is 4.39 Å². The summed E-state index contributed by atoms with van der Waals surface area (Å²) in [6.07, 6.45) is 12.5. The second-order valence-electron chi connectivity index (χ2n) is 10.8. The van der Waals surface area contributed by atoms with Gasteiger partial charge in [-0.15, -0.1) is 0 Å². The van der Waals surface area contributed by atoms with E-state index in [1.165, 1.54) is 0 Å². The maximum Gasteiger partial charge on any atom is 0.156 e. The highest BCUT2D eigenvalue weighted by molar-refractivity contribution is 5.91. The van der Waals surface area contributed by atoms with Gasteiger partial charge in [-0.3, -0.25) is 9.67 Å². The zero-order chi connectivity index (χ0) is 26.2. The number of hydrogen-bond donors (Lipinski definition) is 1. The molecule has 1 N–H and O–H groups in total. The van der Waals surface area contributed by atoms with Crippen LogP contribution in [0.4, 0.5) is 4.39 Å². The van der Waals surface area contributed by atoms with Crippen molar-refractivity contribution in [3.63, 3.8) is 0 Å². The summed E-state index contributed by atoms with van der Waals surface area (Å²) < 4.78 is 17.7. The fraction of sp³-hybridized carbons (Fsp3) is 0.517. The van der Waals surface area contributed by atoms with E-state index in [1.807, 2.05) is 19.3 Å². The van der Waals surface area contributed by atoms with Gasteiger partial charge in [-0.25, -0.2) is 14.4 Å². The largest absolute Gasteiger partial charge is 0.344 e. The van der Waals surface area contributed by atoms with Gasteiger partial charge < -0.3 is 14.8 Å². The Hall–Kier alpha value is -3.17. The number of piperidine rings is 2. The topological polar surface area (TPSA) is 78.8 Å². The molecule has 0 aliphatic carbocycles. The number of nitrogens with one attached hydrogen (secondary N) is 1. The number of rotatable bonds is 6. The van der Waals surface area contributed by atoms with Crippen molar-refractivity contribution < 1.29 is 4.39 Å². The third-order valence-electron chi connectivity index (χ3n) is 8.48. The van der Waals surface area contributed by atoms with Crippen LogP contribution in [0.2, 0.25) is 0 Å². The zero-order valence-corrected chi connectivity index (χ0v) is 22.6. The lowest BCUT2D eigenvalue weighted by molar-refractivity contribution is 0.187. The molecule has 0 radical (unpaired) electrons. The number of aromatic nitrogens is 6. The summed E-state index contributed by atoms with van der Waals surface area (Å²) in [5.74, 6) is 0.0475. The van der Waals surface area contributed by atoms with E-state index in [2.05, 4.69) is 44.6 Å². The molecule has 0 spiro atoms. The molecule has 2 aliphatic rings. The summed E-state index contributed by atoms with van der Waals surface area (Å²) >= 11 is 0. The normalized spacial score (nSPS) is 18.5. The van der Waals surface area contributed by atoms with Crippen molar-refractivity contribution in [3.8, 4) is 22.5 Å². The van der Waals surface area contributed by atoms with Crippen LogP contribution in [0, 0.1) is 5.82 Å². The number of pyridine rings is 1. The second-order valence-corrected chi connectivity index (χ2v) is 10.8. The Bertz CT molecular complexity index is 1410. The Morgan fingerprint density at radius 3 is 2.53 bits per heavy atom. The van der Waals surface area contributed by atoms with E-state index in [1.54, 1.807) is 12.3 Å². The van der Waals surface area contributed by atoms with Crippen LogP contribution in [0.5, 0.6) is 0 Å². The van der Waals surface area contributed by atoms with Gasteiger partial charge in [-0.1, -0.05) is 13.8 Å². The molecule has 6 heterocycles. The van der Waals surface area contributed by atoms with E-state index in [0.717, 1.165) is 86.3 Å². The molecule has 0 unspecified atom stereocenters. The second kappa shape index (κ2) is 10.5.